The van der Waals surface area contributed by atoms with Gasteiger partial charge in [0.1, 0.15) is 0 Å². The molecule has 0 fully saturated rings. The van der Waals surface area contributed by atoms with Gasteiger partial charge in [0.2, 0.25) is 5.78 Å². The molecule has 0 aromatic carbocycles. The highest BCUT2D eigenvalue weighted by molar-refractivity contribution is 6.05. The van der Waals surface area contributed by atoms with Crippen molar-refractivity contribution in [3.8, 4) is 0 Å². The maximum absolute atomic E-state index is 10.8. The van der Waals surface area contributed by atoms with E-state index in [1.54, 1.807) is 13.0 Å². The Hall–Kier alpha value is -1.31. The summed E-state index contributed by atoms with van der Waals surface area (Å²) in [4.78, 5) is 10.8. The fraction of sp³-hybridized carbons (Fsp3) is 0.222. The Balaban J connectivity index is 3.14. The third kappa shape index (κ3) is 1.24. The van der Waals surface area contributed by atoms with Gasteiger partial charge in [-0.25, -0.2) is 0 Å². The molecule has 0 aromatic heterocycles. The van der Waals surface area contributed by atoms with E-state index in [4.69, 9.17) is 0 Å². The number of aliphatic hydroxyl groups is 1. The lowest BCUT2D eigenvalue weighted by molar-refractivity contribution is -0.113. The van der Waals surface area contributed by atoms with Gasteiger partial charge in [-0.15, -0.1) is 0 Å². The zero-order chi connectivity index (χ0) is 8.43. The summed E-state index contributed by atoms with van der Waals surface area (Å²) in [7, 11) is 0. The summed E-state index contributed by atoms with van der Waals surface area (Å²) in [6, 6.07) is 0. The summed E-state index contributed by atoms with van der Waals surface area (Å²) in [6.45, 7) is 3.60. The molecule has 0 saturated heterocycles. The number of hydrogen-bond acceptors (Lipinski definition) is 2. The Bertz CT molecular complexity index is 280. The SMILES string of the molecule is C/C=C1/C=CC(=O)C(O)=C1C. The molecule has 0 unspecified atom stereocenters. The molecule has 0 heterocycles. The van der Waals surface area contributed by atoms with Crippen LogP contribution in [0.25, 0.3) is 0 Å². The fourth-order valence-corrected chi connectivity index (χ4v) is 1.00. The van der Waals surface area contributed by atoms with E-state index < -0.39 is 0 Å². The highest BCUT2D eigenvalue weighted by Crippen LogP contribution is 2.19. The normalized spacial score (nSPS) is 21.6. The molecule has 2 heteroatoms. The van der Waals surface area contributed by atoms with Crippen LogP contribution in [0, 0.1) is 0 Å². The van der Waals surface area contributed by atoms with E-state index in [-0.39, 0.29) is 11.5 Å². The molecule has 1 aliphatic rings. The van der Waals surface area contributed by atoms with Crippen LogP contribution >= 0.6 is 0 Å². The molecule has 0 atom stereocenters. The van der Waals surface area contributed by atoms with Crippen LogP contribution in [-0.2, 0) is 4.79 Å². The van der Waals surface area contributed by atoms with Gasteiger partial charge in [0.15, 0.2) is 5.76 Å². The van der Waals surface area contributed by atoms with E-state index >= 15 is 0 Å². The number of aliphatic hydroxyl groups excluding tert-OH is 1. The molecule has 0 bridgehead atoms. The van der Waals surface area contributed by atoms with Crippen molar-refractivity contribution in [2.24, 2.45) is 0 Å². The lowest BCUT2D eigenvalue weighted by Crippen LogP contribution is -2.06. The average Bonchev–Trinajstić information content (AvgIpc) is 2.01. The molecule has 1 N–H and O–H groups in total. The number of allylic oxidation sites excluding steroid dienone is 5. The van der Waals surface area contributed by atoms with Crippen LogP contribution in [0.3, 0.4) is 0 Å². The maximum atomic E-state index is 10.8. The van der Waals surface area contributed by atoms with E-state index in [0.717, 1.165) is 5.57 Å². The smallest absolute Gasteiger partial charge is 0.220 e. The van der Waals surface area contributed by atoms with Gasteiger partial charge in [0.25, 0.3) is 0 Å². The van der Waals surface area contributed by atoms with Crippen molar-refractivity contribution < 1.29 is 9.90 Å². The first-order valence-corrected chi connectivity index (χ1v) is 3.45. The number of carbonyl (C=O) groups is 1. The summed E-state index contributed by atoms with van der Waals surface area (Å²) in [5, 5.41) is 9.19. The topological polar surface area (TPSA) is 37.3 Å². The van der Waals surface area contributed by atoms with Crippen LogP contribution in [0.5, 0.6) is 0 Å². The molecule has 0 aromatic rings. The fourth-order valence-electron chi connectivity index (χ4n) is 1.00. The second-order valence-electron chi connectivity index (χ2n) is 2.42. The Morgan fingerprint density at radius 1 is 1.45 bits per heavy atom. The van der Waals surface area contributed by atoms with Crippen molar-refractivity contribution in [3.63, 3.8) is 0 Å². The van der Waals surface area contributed by atoms with Crippen LogP contribution in [0.4, 0.5) is 0 Å². The van der Waals surface area contributed by atoms with Crippen LogP contribution < -0.4 is 0 Å². The van der Waals surface area contributed by atoms with Gasteiger partial charge < -0.3 is 5.11 Å². The number of hydrogen-bond donors (Lipinski definition) is 1. The first kappa shape index (κ1) is 7.79. The third-order valence-electron chi connectivity index (χ3n) is 1.75. The van der Waals surface area contributed by atoms with Crippen LogP contribution in [0.1, 0.15) is 13.8 Å². The van der Waals surface area contributed by atoms with Gasteiger partial charge in [-0.2, -0.15) is 0 Å². The van der Waals surface area contributed by atoms with Gasteiger partial charge in [-0.3, -0.25) is 4.79 Å². The molecule has 0 radical (unpaired) electrons. The highest BCUT2D eigenvalue weighted by Gasteiger charge is 2.14. The molecular weight excluding hydrogens is 140 g/mol. The molecule has 2 nitrogen and oxygen atoms in total. The number of carbonyl (C=O) groups excluding carboxylic acids is 1. The Kier molecular flexibility index (Phi) is 1.94. The standard InChI is InChI=1S/C9H10O2/c1-3-7-4-5-8(10)9(11)6(7)2/h3-5,11H,1-2H3/b7-3-. The van der Waals surface area contributed by atoms with E-state index in [2.05, 4.69) is 0 Å². The number of rotatable bonds is 0. The summed E-state index contributed by atoms with van der Waals surface area (Å²) >= 11 is 0. The van der Waals surface area contributed by atoms with E-state index in [9.17, 15) is 9.90 Å². The van der Waals surface area contributed by atoms with Crippen LogP contribution in [0.15, 0.2) is 35.1 Å². The molecule has 0 saturated carbocycles. The van der Waals surface area contributed by atoms with Crippen molar-refractivity contribution in [1.82, 2.24) is 0 Å². The molecule has 58 valence electrons. The van der Waals surface area contributed by atoms with Gasteiger partial charge in [0, 0.05) is 5.57 Å². The largest absolute Gasteiger partial charge is 0.504 e. The van der Waals surface area contributed by atoms with Crippen molar-refractivity contribution in [1.29, 1.82) is 0 Å². The zero-order valence-electron chi connectivity index (χ0n) is 6.59. The maximum Gasteiger partial charge on any atom is 0.220 e. The predicted octanol–water partition coefficient (Wildman–Crippen LogP) is 1.90. The number of ketones is 1. The third-order valence-corrected chi connectivity index (χ3v) is 1.75. The summed E-state index contributed by atoms with van der Waals surface area (Å²) in [5.74, 6) is -0.450. The van der Waals surface area contributed by atoms with Crippen molar-refractivity contribution in [2.45, 2.75) is 13.8 Å². The van der Waals surface area contributed by atoms with Crippen LogP contribution in [-0.4, -0.2) is 10.9 Å². The first-order chi connectivity index (χ1) is 5.16. The van der Waals surface area contributed by atoms with Crippen molar-refractivity contribution in [3.05, 3.63) is 35.1 Å². The molecule has 1 aliphatic carbocycles. The summed E-state index contributed by atoms with van der Waals surface area (Å²) in [5.41, 5.74) is 1.56. The van der Waals surface area contributed by atoms with E-state index in [1.165, 1.54) is 6.08 Å². The molecular formula is C9H10O2. The Morgan fingerprint density at radius 2 is 2.09 bits per heavy atom. The lowest BCUT2D eigenvalue weighted by atomic mass is 9.99. The Labute approximate surface area is 65.5 Å². The second kappa shape index (κ2) is 2.74. The molecule has 0 aliphatic heterocycles. The summed E-state index contributed by atoms with van der Waals surface area (Å²) < 4.78 is 0. The van der Waals surface area contributed by atoms with Crippen molar-refractivity contribution in [2.75, 3.05) is 0 Å². The van der Waals surface area contributed by atoms with Crippen molar-refractivity contribution >= 4 is 5.78 Å². The van der Waals surface area contributed by atoms with E-state index in [1.807, 2.05) is 13.0 Å². The van der Waals surface area contributed by atoms with Crippen LogP contribution in [0.2, 0.25) is 0 Å². The van der Waals surface area contributed by atoms with E-state index in [0.29, 0.717) is 5.57 Å². The lowest BCUT2D eigenvalue weighted by Gasteiger charge is -2.08. The first-order valence-electron chi connectivity index (χ1n) is 3.45. The second-order valence-corrected chi connectivity index (χ2v) is 2.42. The molecule has 0 spiro atoms. The predicted molar refractivity (Wildman–Crippen MR) is 43.2 cm³/mol. The quantitative estimate of drug-likeness (QED) is 0.572. The zero-order valence-corrected chi connectivity index (χ0v) is 6.59. The Morgan fingerprint density at radius 3 is 2.64 bits per heavy atom. The monoisotopic (exact) mass is 150 g/mol. The molecule has 11 heavy (non-hydrogen) atoms. The molecule has 0 amide bonds. The minimum absolute atomic E-state index is 0.138. The minimum Gasteiger partial charge on any atom is -0.504 e. The van der Waals surface area contributed by atoms with Gasteiger partial charge in [-0.05, 0) is 25.5 Å². The summed E-state index contributed by atoms with van der Waals surface area (Å²) in [6.07, 6.45) is 4.93. The highest BCUT2D eigenvalue weighted by atomic mass is 16.3. The molecule has 1 rings (SSSR count). The van der Waals surface area contributed by atoms with Gasteiger partial charge >= 0.3 is 0 Å². The van der Waals surface area contributed by atoms with Gasteiger partial charge in [0.05, 0.1) is 0 Å². The minimum atomic E-state index is -0.312. The average molecular weight is 150 g/mol. The van der Waals surface area contributed by atoms with Gasteiger partial charge in [-0.1, -0.05) is 12.2 Å².